The van der Waals surface area contributed by atoms with Crippen molar-refractivity contribution in [1.82, 2.24) is 20.1 Å². The van der Waals surface area contributed by atoms with Crippen molar-refractivity contribution in [2.75, 3.05) is 12.9 Å². The number of carbonyl (C=O) groups is 1. The fraction of sp³-hybridized carbons (Fsp3) is 0.400. The molecule has 0 radical (unpaired) electrons. The van der Waals surface area contributed by atoms with Crippen LogP contribution in [0, 0.1) is 0 Å². The minimum absolute atomic E-state index is 0.0478. The van der Waals surface area contributed by atoms with Crippen molar-refractivity contribution < 1.29 is 14.3 Å². The Labute approximate surface area is 198 Å². The molecule has 0 unspecified atom stereocenters. The van der Waals surface area contributed by atoms with Crippen molar-refractivity contribution >= 4 is 17.7 Å². The van der Waals surface area contributed by atoms with Gasteiger partial charge in [-0.25, -0.2) is 0 Å². The van der Waals surface area contributed by atoms with Crippen LogP contribution in [0.25, 0.3) is 0 Å². The van der Waals surface area contributed by atoms with Crippen molar-refractivity contribution in [3.05, 3.63) is 65.0 Å². The summed E-state index contributed by atoms with van der Waals surface area (Å²) in [6, 6.07) is 14.0. The number of amides is 1. The van der Waals surface area contributed by atoms with E-state index >= 15 is 0 Å². The second kappa shape index (κ2) is 11.2. The van der Waals surface area contributed by atoms with Gasteiger partial charge in [0.05, 0.1) is 12.9 Å². The van der Waals surface area contributed by atoms with Gasteiger partial charge in [0.1, 0.15) is 18.1 Å². The summed E-state index contributed by atoms with van der Waals surface area (Å²) in [7, 11) is 1.63. The van der Waals surface area contributed by atoms with Gasteiger partial charge in [-0.2, -0.15) is 0 Å². The topological polar surface area (TPSA) is 78.3 Å². The zero-order chi connectivity index (χ0) is 23.0. The molecule has 0 fully saturated rings. The van der Waals surface area contributed by atoms with Gasteiger partial charge in [0, 0.05) is 13.1 Å². The minimum Gasteiger partial charge on any atom is -0.497 e. The number of carbonyl (C=O) groups excluding carboxylic acids is 1. The predicted octanol–water partition coefficient (Wildman–Crippen LogP) is 4.17. The number of aromatic nitrogens is 3. The molecule has 0 saturated carbocycles. The third kappa shape index (κ3) is 6.07. The van der Waals surface area contributed by atoms with E-state index in [1.807, 2.05) is 41.8 Å². The van der Waals surface area contributed by atoms with E-state index in [1.165, 1.54) is 35.7 Å². The molecule has 1 N–H and O–H groups in total. The van der Waals surface area contributed by atoms with E-state index in [9.17, 15) is 4.79 Å². The molecule has 33 heavy (non-hydrogen) atoms. The zero-order valence-corrected chi connectivity index (χ0v) is 20.0. The standard InChI is InChI=1S/C25H30N4O3S/c1-3-29-23(16-32-22-13-10-19-6-4-5-7-20(19)14-22)27-28-25(29)33-17-24(30)26-15-18-8-11-21(31-2)12-9-18/h8-14H,3-7,15-17H2,1-2H3,(H,26,30). The van der Waals surface area contributed by atoms with Crippen LogP contribution in [0.4, 0.5) is 0 Å². The molecule has 1 aliphatic carbocycles. The maximum atomic E-state index is 12.3. The lowest BCUT2D eigenvalue weighted by Crippen LogP contribution is -2.24. The normalized spacial score (nSPS) is 12.8. The Bertz CT molecular complexity index is 1080. The summed E-state index contributed by atoms with van der Waals surface area (Å²) in [6.07, 6.45) is 4.80. The van der Waals surface area contributed by atoms with E-state index in [0.717, 1.165) is 40.9 Å². The molecule has 2 aromatic carbocycles. The Balaban J connectivity index is 1.28. The van der Waals surface area contributed by atoms with Gasteiger partial charge in [0.25, 0.3) is 0 Å². The summed E-state index contributed by atoms with van der Waals surface area (Å²) in [4.78, 5) is 12.3. The van der Waals surface area contributed by atoms with E-state index < -0.39 is 0 Å². The van der Waals surface area contributed by atoms with Crippen LogP contribution in [0.5, 0.6) is 11.5 Å². The zero-order valence-electron chi connectivity index (χ0n) is 19.2. The maximum Gasteiger partial charge on any atom is 0.230 e. The first-order valence-corrected chi connectivity index (χ1v) is 12.3. The second-order valence-electron chi connectivity index (χ2n) is 7.98. The van der Waals surface area contributed by atoms with E-state index in [2.05, 4.69) is 27.6 Å². The third-order valence-corrected chi connectivity index (χ3v) is 6.75. The number of methoxy groups -OCH3 is 1. The molecule has 7 nitrogen and oxygen atoms in total. The number of ether oxygens (including phenoxy) is 2. The molecule has 4 rings (SSSR count). The lowest BCUT2D eigenvalue weighted by molar-refractivity contribution is -0.118. The summed E-state index contributed by atoms with van der Waals surface area (Å²) in [6.45, 7) is 3.58. The Hall–Kier alpha value is -3.00. The summed E-state index contributed by atoms with van der Waals surface area (Å²) in [5.74, 6) is 2.66. The molecule has 0 bridgehead atoms. The number of fused-ring (bicyclic) bond motifs is 1. The first-order chi connectivity index (χ1) is 16.2. The van der Waals surface area contributed by atoms with Crippen LogP contribution < -0.4 is 14.8 Å². The Kier molecular flexibility index (Phi) is 7.88. The molecule has 8 heteroatoms. The van der Waals surface area contributed by atoms with Gasteiger partial charge in [0.15, 0.2) is 11.0 Å². The average Bonchev–Trinajstić information content (AvgIpc) is 3.26. The van der Waals surface area contributed by atoms with E-state index in [0.29, 0.717) is 19.7 Å². The van der Waals surface area contributed by atoms with Crippen LogP contribution >= 0.6 is 11.8 Å². The predicted molar refractivity (Wildman–Crippen MR) is 129 cm³/mol. The van der Waals surface area contributed by atoms with Crippen LogP contribution in [-0.2, 0) is 37.3 Å². The quantitative estimate of drug-likeness (QED) is 0.452. The maximum absolute atomic E-state index is 12.3. The van der Waals surface area contributed by atoms with E-state index in [1.54, 1.807) is 7.11 Å². The molecule has 0 atom stereocenters. The van der Waals surface area contributed by atoms with Gasteiger partial charge in [-0.1, -0.05) is 30.0 Å². The smallest absolute Gasteiger partial charge is 0.230 e. The molecule has 174 valence electrons. The molecule has 1 heterocycles. The van der Waals surface area contributed by atoms with Gasteiger partial charge in [-0.05, 0) is 73.6 Å². The summed E-state index contributed by atoms with van der Waals surface area (Å²) < 4.78 is 13.2. The molecule has 1 aliphatic rings. The number of hydrogen-bond donors (Lipinski definition) is 1. The van der Waals surface area contributed by atoms with Crippen LogP contribution in [0.2, 0.25) is 0 Å². The molecular weight excluding hydrogens is 436 g/mol. The highest BCUT2D eigenvalue weighted by Gasteiger charge is 2.15. The van der Waals surface area contributed by atoms with Crippen LogP contribution in [0.1, 0.15) is 42.3 Å². The van der Waals surface area contributed by atoms with Gasteiger partial charge < -0.3 is 19.4 Å². The van der Waals surface area contributed by atoms with Crippen LogP contribution in [0.3, 0.4) is 0 Å². The number of nitrogens with one attached hydrogen (secondary N) is 1. The highest BCUT2D eigenvalue weighted by molar-refractivity contribution is 7.99. The lowest BCUT2D eigenvalue weighted by Gasteiger charge is -2.16. The monoisotopic (exact) mass is 466 g/mol. The SMILES string of the molecule is CCn1c(COc2ccc3c(c2)CCCC3)nnc1SCC(=O)NCc1ccc(OC)cc1. The molecule has 1 amide bonds. The second-order valence-corrected chi connectivity index (χ2v) is 8.93. The van der Waals surface area contributed by atoms with Crippen molar-refractivity contribution in [3.63, 3.8) is 0 Å². The molecular formula is C25H30N4O3S. The number of rotatable bonds is 10. The van der Waals surface area contributed by atoms with Crippen molar-refractivity contribution in [2.45, 2.75) is 57.5 Å². The fourth-order valence-corrected chi connectivity index (χ4v) is 4.77. The Morgan fingerprint density at radius 2 is 1.82 bits per heavy atom. The first kappa shape index (κ1) is 23.2. The minimum atomic E-state index is -0.0478. The average molecular weight is 467 g/mol. The van der Waals surface area contributed by atoms with Gasteiger partial charge >= 0.3 is 0 Å². The Morgan fingerprint density at radius 1 is 1.06 bits per heavy atom. The van der Waals surface area contributed by atoms with Gasteiger partial charge in [0.2, 0.25) is 5.91 Å². The van der Waals surface area contributed by atoms with Crippen molar-refractivity contribution in [3.8, 4) is 11.5 Å². The number of aryl methyl sites for hydroxylation is 2. The summed E-state index contributed by atoms with van der Waals surface area (Å²) in [5.41, 5.74) is 3.86. The third-order valence-electron chi connectivity index (χ3n) is 5.78. The van der Waals surface area contributed by atoms with E-state index in [-0.39, 0.29) is 11.7 Å². The summed E-state index contributed by atoms with van der Waals surface area (Å²) >= 11 is 1.38. The summed E-state index contributed by atoms with van der Waals surface area (Å²) in [5, 5.41) is 12.2. The van der Waals surface area contributed by atoms with Gasteiger partial charge in [-0.3, -0.25) is 4.79 Å². The molecule has 3 aromatic rings. The molecule has 0 aliphatic heterocycles. The number of thioether (sulfide) groups is 1. The number of hydrogen-bond acceptors (Lipinski definition) is 6. The van der Waals surface area contributed by atoms with Crippen LogP contribution in [0.15, 0.2) is 47.6 Å². The highest BCUT2D eigenvalue weighted by Crippen LogP contribution is 2.26. The largest absolute Gasteiger partial charge is 0.497 e. The number of nitrogens with zero attached hydrogens (tertiary/aromatic N) is 3. The number of benzene rings is 2. The van der Waals surface area contributed by atoms with E-state index in [4.69, 9.17) is 9.47 Å². The molecule has 0 spiro atoms. The first-order valence-electron chi connectivity index (χ1n) is 11.4. The Morgan fingerprint density at radius 3 is 2.58 bits per heavy atom. The molecule has 1 aromatic heterocycles. The highest BCUT2D eigenvalue weighted by atomic mass is 32.2. The lowest BCUT2D eigenvalue weighted by atomic mass is 9.92. The van der Waals surface area contributed by atoms with Gasteiger partial charge in [-0.15, -0.1) is 10.2 Å². The fourth-order valence-electron chi connectivity index (χ4n) is 3.92. The van der Waals surface area contributed by atoms with Crippen LogP contribution in [-0.4, -0.2) is 33.5 Å². The van der Waals surface area contributed by atoms with Crippen molar-refractivity contribution in [1.29, 1.82) is 0 Å². The van der Waals surface area contributed by atoms with Crippen molar-refractivity contribution in [2.24, 2.45) is 0 Å². The molecule has 0 saturated heterocycles.